The summed E-state index contributed by atoms with van der Waals surface area (Å²) in [5.41, 5.74) is 8.89. The highest BCUT2D eigenvalue weighted by Crippen LogP contribution is 2.22. The Morgan fingerprint density at radius 3 is 2.17 bits per heavy atom. The van der Waals surface area contributed by atoms with Crippen molar-refractivity contribution >= 4 is 11.8 Å². The fraction of sp³-hybridized carbons (Fsp3) is 0.182. The van der Waals surface area contributed by atoms with E-state index in [1.54, 1.807) is 28.9 Å². The normalized spacial score (nSPS) is 10.2. The van der Waals surface area contributed by atoms with Gasteiger partial charge in [0, 0.05) is 5.69 Å². The molecule has 3 rings (SSSR count). The van der Waals surface area contributed by atoms with E-state index in [-0.39, 0.29) is 19.1 Å². The lowest BCUT2D eigenvalue weighted by molar-refractivity contribution is -0.130. The molecule has 0 unspecified atom stereocenters. The number of hydrogen-bond donors (Lipinski definition) is 2. The number of nitriles is 1. The van der Waals surface area contributed by atoms with Gasteiger partial charge in [0.15, 0.2) is 6.61 Å². The summed E-state index contributed by atoms with van der Waals surface area (Å²) in [6, 6.07) is 18.4. The Hall–Kier alpha value is -4.12. The minimum atomic E-state index is -0.479. The first-order valence-corrected chi connectivity index (χ1v) is 9.27. The predicted octanol–water partition coefficient (Wildman–Crippen LogP) is 2.27. The zero-order chi connectivity index (χ0) is 21.5. The van der Waals surface area contributed by atoms with Crippen LogP contribution in [0.3, 0.4) is 0 Å². The highest BCUT2D eigenvalue weighted by molar-refractivity contribution is 5.82. The van der Waals surface area contributed by atoms with E-state index in [1.807, 2.05) is 44.2 Å². The minimum Gasteiger partial charge on any atom is -0.484 e. The maximum absolute atomic E-state index is 11.9. The van der Waals surface area contributed by atoms with Crippen molar-refractivity contribution in [1.29, 1.82) is 5.26 Å². The molecule has 0 saturated carbocycles. The van der Waals surface area contributed by atoms with E-state index in [1.165, 1.54) is 0 Å². The van der Waals surface area contributed by atoms with Gasteiger partial charge in [-0.05, 0) is 55.3 Å². The van der Waals surface area contributed by atoms with E-state index in [4.69, 9.17) is 10.00 Å². The maximum Gasteiger partial charge on any atom is 0.276 e. The second kappa shape index (κ2) is 9.39. The van der Waals surface area contributed by atoms with E-state index >= 15 is 0 Å². The molecule has 30 heavy (non-hydrogen) atoms. The van der Waals surface area contributed by atoms with Crippen LogP contribution in [0.15, 0.2) is 54.6 Å². The Bertz CT molecular complexity index is 1080. The molecule has 0 aliphatic carbocycles. The number of hydrazine groups is 1. The third-order valence-corrected chi connectivity index (χ3v) is 4.31. The number of amides is 2. The number of rotatable bonds is 6. The van der Waals surface area contributed by atoms with Crippen LogP contribution in [0.25, 0.3) is 11.1 Å². The summed E-state index contributed by atoms with van der Waals surface area (Å²) in [6.07, 6.45) is 0. The van der Waals surface area contributed by atoms with Crippen LogP contribution in [-0.4, -0.2) is 28.2 Å². The number of aromatic nitrogens is 2. The molecule has 8 heteroatoms. The average Bonchev–Trinajstić information content (AvgIpc) is 3.07. The quantitative estimate of drug-likeness (QED) is 0.614. The third-order valence-electron chi connectivity index (χ3n) is 4.31. The molecule has 0 spiro atoms. The minimum absolute atomic E-state index is 0.0115. The van der Waals surface area contributed by atoms with Crippen LogP contribution < -0.4 is 15.6 Å². The lowest BCUT2D eigenvalue weighted by Gasteiger charge is -2.10. The van der Waals surface area contributed by atoms with Gasteiger partial charge in [0.2, 0.25) is 0 Å². The molecule has 1 heterocycles. The second-order valence-electron chi connectivity index (χ2n) is 6.68. The van der Waals surface area contributed by atoms with Crippen LogP contribution in [0.5, 0.6) is 5.75 Å². The van der Waals surface area contributed by atoms with Crippen molar-refractivity contribution in [2.24, 2.45) is 0 Å². The standard InChI is InChI=1S/C22H21N5O3/c1-15-11-16(2)27(26-15)13-21(28)24-25-22(29)14-30-20-9-7-19(8-10-20)18-5-3-17(12-23)4-6-18/h3-11H,13-14H2,1-2H3,(H,24,28)(H,25,29). The number of hydrogen-bond acceptors (Lipinski definition) is 5. The van der Waals surface area contributed by atoms with Crippen molar-refractivity contribution in [3.05, 3.63) is 71.5 Å². The lowest BCUT2D eigenvalue weighted by Crippen LogP contribution is -2.45. The van der Waals surface area contributed by atoms with E-state index < -0.39 is 5.91 Å². The summed E-state index contributed by atoms with van der Waals surface area (Å²) in [5, 5.41) is 13.1. The van der Waals surface area contributed by atoms with Crippen LogP contribution in [0.4, 0.5) is 0 Å². The van der Waals surface area contributed by atoms with Crippen LogP contribution in [-0.2, 0) is 16.1 Å². The number of aryl methyl sites for hydroxylation is 2. The number of carbonyl (C=O) groups is 2. The van der Waals surface area contributed by atoms with Crippen LogP contribution in [0.2, 0.25) is 0 Å². The van der Waals surface area contributed by atoms with Crippen molar-refractivity contribution in [2.45, 2.75) is 20.4 Å². The van der Waals surface area contributed by atoms with Crippen molar-refractivity contribution in [3.8, 4) is 22.9 Å². The highest BCUT2D eigenvalue weighted by Gasteiger charge is 2.09. The first-order valence-electron chi connectivity index (χ1n) is 9.27. The SMILES string of the molecule is Cc1cc(C)n(CC(=O)NNC(=O)COc2ccc(-c3ccc(C#N)cc3)cc2)n1. The summed E-state index contributed by atoms with van der Waals surface area (Å²) in [5.74, 6) is -0.342. The molecule has 0 saturated heterocycles. The Morgan fingerprint density at radius 1 is 1.00 bits per heavy atom. The lowest BCUT2D eigenvalue weighted by atomic mass is 10.0. The van der Waals surface area contributed by atoms with Gasteiger partial charge in [0.25, 0.3) is 11.8 Å². The van der Waals surface area contributed by atoms with Crippen molar-refractivity contribution in [1.82, 2.24) is 20.6 Å². The van der Waals surface area contributed by atoms with Gasteiger partial charge in [0.1, 0.15) is 12.3 Å². The summed E-state index contributed by atoms with van der Waals surface area (Å²) < 4.78 is 7.00. The molecule has 1 aromatic heterocycles. The molecule has 0 atom stereocenters. The molecular weight excluding hydrogens is 382 g/mol. The topological polar surface area (TPSA) is 109 Å². The van der Waals surface area contributed by atoms with Crippen molar-refractivity contribution in [3.63, 3.8) is 0 Å². The zero-order valence-electron chi connectivity index (χ0n) is 16.7. The smallest absolute Gasteiger partial charge is 0.276 e. The summed E-state index contributed by atoms with van der Waals surface area (Å²) in [4.78, 5) is 23.8. The van der Waals surface area contributed by atoms with Gasteiger partial charge in [0.05, 0.1) is 17.3 Å². The van der Waals surface area contributed by atoms with Gasteiger partial charge in [-0.25, -0.2) is 0 Å². The molecule has 0 fully saturated rings. The zero-order valence-corrected chi connectivity index (χ0v) is 16.7. The van der Waals surface area contributed by atoms with Gasteiger partial charge in [-0.3, -0.25) is 25.1 Å². The monoisotopic (exact) mass is 403 g/mol. The predicted molar refractivity (Wildman–Crippen MR) is 110 cm³/mol. The number of carbonyl (C=O) groups excluding carboxylic acids is 2. The van der Waals surface area contributed by atoms with Crippen LogP contribution in [0.1, 0.15) is 17.0 Å². The molecule has 0 bridgehead atoms. The van der Waals surface area contributed by atoms with E-state index in [0.717, 1.165) is 22.5 Å². The van der Waals surface area contributed by atoms with E-state index in [9.17, 15) is 9.59 Å². The van der Waals surface area contributed by atoms with E-state index in [2.05, 4.69) is 22.0 Å². The van der Waals surface area contributed by atoms with Gasteiger partial charge < -0.3 is 4.74 Å². The number of benzene rings is 2. The Labute approximate surface area is 174 Å². The maximum atomic E-state index is 11.9. The number of ether oxygens (including phenoxy) is 1. The molecular formula is C22H21N5O3. The van der Waals surface area contributed by atoms with Crippen LogP contribution in [0, 0.1) is 25.2 Å². The fourth-order valence-corrected chi connectivity index (χ4v) is 2.82. The van der Waals surface area contributed by atoms with Gasteiger partial charge in [-0.1, -0.05) is 24.3 Å². The number of nitrogens with zero attached hydrogens (tertiary/aromatic N) is 3. The molecule has 0 aliphatic rings. The molecule has 2 amide bonds. The summed E-state index contributed by atoms with van der Waals surface area (Å²) in [6.45, 7) is 3.47. The summed E-state index contributed by atoms with van der Waals surface area (Å²) >= 11 is 0. The van der Waals surface area contributed by atoms with Gasteiger partial charge in [-0.2, -0.15) is 10.4 Å². The summed E-state index contributed by atoms with van der Waals surface area (Å²) in [7, 11) is 0. The average molecular weight is 403 g/mol. The second-order valence-corrected chi connectivity index (χ2v) is 6.68. The largest absolute Gasteiger partial charge is 0.484 e. The molecule has 2 N–H and O–H groups in total. The van der Waals surface area contributed by atoms with Crippen LogP contribution >= 0.6 is 0 Å². The highest BCUT2D eigenvalue weighted by atomic mass is 16.5. The van der Waals surface area contributed by atoms with Crippen molar-refractivity contribution < 1.29 is 14.3 Å². The molecule has 152 valence electrons. The molecule has 3 aromatic rings. The molecule has 8 nitrogen and oxygen atoms in total. The molecule has 2 aromatic carbocycles. The van der Waals surface area contributed by atoms with E-state index in [0.29, 0.717) is 11.3 Å². The third kappa shape index (κ3) is 5.45. The Morgan fingerprint density at radius 2 is 1.60 bits per heavy atom. The first kappa shape index (κ1) is 20.6. The number of nitrogens with one attached hydrogen (secondary N) is 2. The first-order chi connectivity index (χ1) is 14.4. The Balaban J connectivity index is 1.44. The molecule has 0 radical (unpaired) electrons. The van der Waals surface area contributed by atoms with Crippen molar-refractivity contribution in [2.75, 3.05) is 6.61 Å². The van der Waals surface area contributed by atoms with Gasteiger partial charge in [-0.15, -0.1) is 0 Å². The fourth-order valence-electron chi connectivity index (χ4n) is 2.82. The Kier molecular flexibility index (Phi) is 6.45. The molecule has 0 aliphatic heterocycles. The van der Waals surface area contributed by atoms with Gasteiger partial charge >= 0.3 is 0 Å².